The predicted octanol–water partition coefficient (Wildman–Crippen LogP) is 2.61. The molecule has 1 aromatic carbocycles. The second kappa shape index (κ2) is 6.96. The highest BCUT2D eigenvalue weighted by molar-refractivity contribution is 5.58. The Balaban J connectivity index is 2.27. The van der Waals surface area contributed by atoms with Crippen LogP contribution in [0.3, 0.4) is 0 Å². The van der Waals surface area contributed by atoms with Crippen molar-refractivity contribution in [1.82, 2.24) is 9.97 Å². The molecular weight excluding hydrogens is 255 g/mol. The molecule has 5 heteroatoms. The Kier molecular flexibility index (Phi) is 5.01. The van der Waals surface area contributed by atoms with Crippen LogP contribution in [-0.2, 0) is 6.42 Å². The average Bonchev–Trinajstić information content (AvgIpc) is 2.48. The van der Waals surface area contributed by atoms with Gasteiger partial charge in [-0.2, -0.15) is 0 Å². The second-order valence-corrected chi connectivity index (χ2v) is 4.46. The highest BCUT2D eigenvalue weighted by Crippen LogP contribution is 2.21. The molecule has 0 fully saturated rings. The molecule has 0 aliphatic rings. The van der Waals surface area contributed by atoms with E-state index in [1.807, 2.05) is 6.92 Å². The number of nitrogens with one attached hydrogen (secondary N) is 1. The number of anilines is 1. The molecule has 1 aromatic heterocycles. The van der Waals surface area contributed by atoms with E-state index in [0.717, 1.165) is 30.8 Å². The Hall–Kier alpha value is -2.01. The summed E-state index contributed by atoms with van der Waals surface area (Å²) in [5.74, 6) is 0.114. The largest absolute Gasteiger partial charge is 0.382 e. The first-order chi connectivity index (χ1) is 9.76. The summed E-state index contributed by atoms with van der Waals surface area (Å²) in [6.45, 7) is 3.44. The molecule has 0 unspecified atom stereocenters. The third kappa shape index (κ3) is 3.30. The minimum absolute atomic E-state index is 0.307. The summed E-state index contributed by atoms with van der Waals surface area (Å²) in [5.41, 5.74) is 7.67. The fourth-order valence-corrected chi connectivity index (χ4v) is 1.93. The summed E-state index contributed by atoms with van der Waals surface area (Å²) >= 11 is 0. The lowest BCUT2D eigenvalue weighted by atomic mass is 10.2. The minimum atomic E-state index is -0.307. The first-order valence-electron chi connectivity index (χ1n) is 6.81. The van der Waals surface area contributed by atoms with Crippen LogP contribution in [0, 0.1) is 5.82 Å². The van der Waals surface area contributed by atoms with Crippen molar-refractivity contribution in [3.8, 4) is 11.4 Å². The molecule has 0 aliphatic heterocycles. The van der Waals surface area contributed by atoms with Crippen molar-refractivity contribution in [1.29, 1.82) is 0 Å². The molecule has 0 saturated carbocycles. The quantitative estimate of drug-likeness (QED) is 0.795. The number of nitrogens with two attached hydrogens (primary N) is 1. The molecule has 2 rings (SSSR count). The lowest BCUT2D eigenvalue weighted by molar-refractivity contribution is 0.630. The van der Waals surface area contributed by atoms with E-state index in [9.17, 15) is 4.39 Å². The molecule has 20 heavy (non-hydrogen) atoms. The molecule has 0 saturated heterocycles. The number of nitrogens with zero attached hydrogens (tertiary/aromatic N) is 2. The van der Waals surface area contributed by atoms with Gasteiger partial charge >= 0.3 is 0 Å². The monoisotopic (exact) mass is 274 g/mol. The van der Waals surface area contributed by atoms with Crippen molar-refractivity contribution < 1.29 is 4.39 Å². The molecule has 1 heterocycles. The van der Waals surface area contributed by atoms with Gasteiger partial charge < -0.3 is 11.1 Å². The van der Waals surface area contributed by atoms with E-state index < -0.39 is 0 Å². The van der Waals surface area contributed by atoms with Crippen molar-refractivity contribution >= 4 is 5.69 Å². The standard InChI is InChI=1S/C15H19FN4/c1-2-13-14(18-9-5-8-17)10-19-15(20-13)11-6-3-4-7-12(11)16/h3-4,6-7,10,18H,2,5,8-9,17H2,1H3. The zero-order valence-electron chi connectivity index (χ0n) is 11.6. The Morgan fingerprint density at radius 1 is 1.30 bits per heavy atom. The van der Waals surface area contributed by atoms with E-state index in [1.54, 1.807) is 24.4 Å². The van der Waals surface area contributed by atoms with Crippen LogP contribution in [0.5, 0.6) is 0 Å². The first-order valence-corrected chi connectivity index (χ1v) is 6.81. The number of hydrogen-bond donors (Lipinski definition) is 2. The van der Waals surface area contributed by atoms with Gasteiger partial charge in [0.2, 0.25) is 0 Å². The van der Waals surface area contributed by atoms with Gasteiger partial charge in [0.25, 0.3) is 0 Å². The Labute approximate surface area is 118 Å². The summed E-state index contributed by atoms with van der Waals surface area (Å²) in [6, 6.07) is 6.53. The number of aryl methyl sites for hydroxylation is 1. The number of benzene rings is 1. The van der Waals surface area contributed by atoms with Crippen LogP contribution in [0.15, 0.2) is 30.5 Å². The number of halogens is 1. The number of hydrogen-bond acceptors (Lipinski definition) is 4. The van der Waals surface area contributed by atoms with Gasteiger partial charge in [0.05, 0.1) is 23.1 Å². The zero-order valence-corrected chi connectivity index (χ0v) is 11.6. The summed E-state index contributed by atoms with van der Waals surface area (Å²) in [5, 5.41) is 3.26. The molecule has 4 nitrogen and oxygen atoms in total. The van der Waals surface area contributed by atoms with E-state index in [2.05, 4.69) is 15.3 Å². The van der Waals surface area contributed by atoms with E-state index in [0.29, 0.717) is 17.9 Å². The lowest BCUT2D eigenvalue weighted by Gasteiger charge is -2.11. The summed E-state index contributed by atoms with van der Waals surface area (Å²) in [6.07, 6.45) is 3.36. The smallest absolute Gasteiger partial charge is 0.162 e. The molecule has 2 aromatic rings. The normalized spacial score (nSPS) is 10.6. The molecular formula is C15H19FN4. The number of aromatic nitrogens is 2. The van der Waals surface area contributed by atoms with E-state index in [4.69, 9.17) is 5.73 Å². The molecule has 0 bridgehead atoms. The van der Waals surface area contributed by atoms with Crippen molar-refractivity contribution in [3.05, 3.63) is 42.0 Å². The van der Waals surface area contributed by atoms with E-state index in [1.165, 1.54) is 6.07 Å². The van der Waals surface area contributed by atoms with Crippen molar-refractivity contribution in [2.75, 3.05) is 18.4 Å². The Bertz CT molecular complexity index is 572. The van der Waals surface area contributed by atoms with E-state index >= 15 is 0 Å². The average molecular weight is 274 g/mol. The fourth-order valence-electron chi connectivity index (χ4n) is 1.93. The predicted molar refractivity (Wildman–Crippen MR) is 79.0 cm³/mol. The third-order valence-corrected chi connectivity index (χ3v) is 3.01. The first kappa shape index (κ1) is 14.4. The maximum atomic E-state index is 13.8. The minimum Gasteiger partial charge on any atom is -0.382 e. The van der Waals surface area contributed by atoms with Gasteiger partial charge in [0, 0.05) is 6.54 Å². The van der Waals surface area contributed by atoms with Crippen LogP contribution in [0.1, 0.15) is 19.0 Å². The number of rotatable bonds is 6. The molecule has 0 aliphatic carbocycles. The van der Waals surface area contributed by atoms with Gasteiger partial charge in [-0.3, -0.25) is 0 Å². The summed E-state index contributed by atoms with van der Waals surface area (Å²) < 4.78 is 13.8. The van der Waals surface area contributed by atoms with Gasteiger partial charge in [0.1, 0.15) is 5.82 Å². The van der Waals surface area contributed by atoms with Gasteiger partial charge in [-0.1, -0.05) is 19.1 Å². The van der Waals surface area contributed by atoms with Gasteiger partial charge in [-0.05, 0) is 31.5 Å². The maximum absolute atomic E-state index is 13.8. The molecule has 106 valence electrons. The molecule has 0 radical (unpaired) electrons. The van der Waals surface area contributed by atoms with E-state index in [-0.39, 0.29) is 5.82 Å². The lowest BCUT2D eigenvalue weighted by Crippen LogP contribution is -2.11. The third-order valence-electron chi connectivity index (χ3n) is 3.01. The van der Waals surface area contributed by atoms with Crippen LogP contribution in [0.2, 0.25) is 0 Å². The van der Waals surface area contributed by atoms with Crippen molar-refractivity contribution in [2.45, 2.75) is 19.8 Å². The highest BCUT2D eigenvalue weighted by atomic mass is 19.1. The van der Waals surface area contributed by atoms with Crippen LogP contribution >= 0.6 is 0 Å². The van der Waals surface area contributed by atoms with Crippen molar-refractivity contribution in [2.24, 2.45) is 5.73 Å². The van der Waals surface area contributed by atoms with Crippen LogP contribution in [-0.4, -0.2) is 23.1 Å². The van der Waals surface area contributed by atoms with Crippen molar-refractivity contribution in [3.63, 3.8) is 0 Å². The fraction of sp³-hybridized carbons (Fsp3) is 0.333. The molecule has 0 atom stereocenters. The van der Waals surface area contributed by atoms with Gasteiger partial charge in [0.15, 0.2) is 5.82 Å². The van der Waals surface area contributed by atoms with Crippen LogP contribution in [0.4, 0.5) is 10.1 Å². The molecule has 0 amide bonds. The SMILES string of the molecule is CCc1nc(-c2ccccc2F)ncc1NCCCN. The maximum Gasteiger partial charge on any atom is 0.162 e. The van der Waals surface area contributed by atoms with Gasteiger partial charge in [-0.15, -0.1) is 0 Å². The Morgan fingerprint density at radius 3 is 2.80 bits per heavy atom. The molecule has 3 N–H and O–H groups in total. The summed E-state index contributed by atoms with van der Waals surface area (Å²) in [7, 11) is 0. The van der Waals surface area contributed by atoms with Crippen LogP contribution < -0.4 is 11.1 Å². The highest BCUT2D eigenvalue weighted by Gasteiger charge is 2.10. The molecule has 0 spiro atoms. The zero-order chi connectivity index (χ0) is 14.4. The second-order valence-electron chi connectivity index (χ2n) is 4.46. The summed E-state index contributed by atoms with van der Waals surface area (Å²) in [4.78, 5) is 8.71. The Morgan fingerprint density at radius 2 is 2.10 bits per heavy atom. The van der Waals surface area contributed by atoms with Crippen LogP contribution in [0.25, 0.3) is 11.4 Å². The van der Waals surface area contributed by atoms with Gasteiger partial charge in [-0.25, -0.2) is 14.4 Å². The topological polar surface area (TPSA) is 63.8 Å².